The molecule has 0 aromatic heterocycles. The minimum Gasteiger partial charge on any atom is -0.0854 e. The normalized spacial score (nSPS) is 32.0. The van der Waals surface area contributed by atoms with Gasteiger partial charge >= 0.3 is 0 Å². The lowest BCUT2D eigenvalue weighted by Crippen LogP contribution is -1.99. The van der Waals surface area contributed by atoms with Crippen LogP contribution in [0.1, 0.15) is 33.6 Å². The van der Waals surface area contributed by atoms with Gasteiger partial charge < -0.3 is 0 Å². The first kappa shape index (κ1) is 7.84. The van der Waals surface area contributed by atoms with Crippen molar-refractivity contribution in [2.75, 3.05) is 0 Å². The molecule has 0 spiro atoms. The van der Waals surface area contributed by atoms with Gasteiger partial charge in [-0.1, -0.05) is 32.9 Å². The highest BCUT2D eigenvalue weighted by atomic mass is 14.2. The molecule has 1 aliphatic rings. The highest BCUT2D eigenvalue weighted by Gasteiger charge is 2.15. The van der Waals surface area contributed by atoms with E-state index in [1.165, 1.54) is 12.8 Å². The molecule has 0 nitrogen and oxygen atoms in total. The van der Waals surface area contributed by atoms with E-state index >= 15 is 0 Å². The molecule has 0 aliphatic heterocycles. The monoisotopic (exact) mass is 138 g/mol. The van der Waals surface area contributed by atoms with E-state index in [1.807, 2.05) is 0 Å². The number of allylic oxidation sites excluding steroid dienone is 2. The van der Waals surface area contributed by atoms with Gasteiger partial charge in [-0.2, -0.15) is 0 Å². The van der Waals surface area contributed by atoms with Crippen molar-refractivity contribution in [1.29, 1.82) is 0 Å². The van der Waals surface area contributed by atoms with Crippen LogP contribution >= 0.6 is 0 Å². The first-order valence-corrected chi connectivity index (χ1v) is 4.37. The fourth-order valence-electron chi connectivity index (χ4n) is 1.76. The minimum atomic E-state index is 0.837. The molecule has 1 rings (SSSR count). The van der Waals surface area contributed by atoms with Crippen LogP contribution in [0.4, 0.5) is 0 Å². The summed E-state index contributed by atoms with van der Waals surface area (Å²) in [6, 6.07) is 0. The number of hydrogen-bond acceptors (Lipinski definition) is 0. The van der Waals surface area contributed by atoms with Gasteiger partial charge in [0.2, 0.25) is 0 Å². The Balaban J connectivity index is 2.26. The molecule has 0 radical (unpaired) electrons. The van der Waals surface area contributed by atoms with E-state index in [-0.39, 0.29) is 0 Å². The Morgan fingerprint density at radius 2 is 2.10 bits per heavy atom. The van der Waals surface area contributed by atoms with Crippen LogP contribution < -0.4 is 0 Å². The van der Waals surface area contributed by atoms with Crippen LogP contribution in [0.25, 0.3) is 0 Å². The summed E-state index contributed by atoms with van der Waals surface area (Å²) in [7, 11) is 0. The molecule has 58 valence electrons. The van der Waals surface area contributed by atoms with Gasteiger partial charge in [0.25, 0.3) is 0 Å². The van der Waals surface area contributed by atoms with Crippen LogP contribution in [0.3, 0.4) is 0 Å². The maximum atomic E-state index is 2.39. The molecule has 0 aromatic rings. The molecule has 10 heavy (non-hydrogen) atoms. The summed E-state index contributed by atoms with van der Waals surface area (Å²) in [6.07, 6.45) is 7.51. The molecule has 0 heteroatoms. The van der Waals surface area contributed by atoms with Crippen molar-refractivity contribution in [2.24, 2.45) is 17.8 Å². The molecule has 2 atom stereocenters. The lowest BCUT2D eigenvalue weighted by molar-refractivity contribution is 0.442. The van der Waals surface area contributed by atoms with Crippen LogP contribution in [0.15, 0.2) is 12.2 Å². The predicted octanol–water partition coefficient (Wildman–Crippen LogP) is 3.24. The maximum Gasteiger partial charge on any atom is -0.0225 e. The number of hydrogen-bond donors (Lipinski definition) is 0. The molecule has 2 unspecified atom stereocenters. The van der Waals surface area contributed by atoms with Crippen LogP contribution in [0.5, 0.6) is 0 Å². The summed E-state index contributed by atoms with van der Waals surface area (Å²) < 4.78 is 0. The van der Waals surface area contributed by atoms with E-state index in [9.17, 15) is 0 Å². The minimum absolute atomic E-state index is 0.837. The van der Waals surface area contributed by atoms with Crippen molar-refractivity contribution in [2.45, 2.75) is 33.6 Å². The van der Waals surface area contributed by atoms with Gasteiger partial charge in [0.05, 0.1) is 0 Å². The maximum absolute atomic E-state index is 2.39. The third kappa shape index (κ3) is 2.17. The molecule has 0 saturated carbocycles. The Labute approximate surface area is 64.3 Å². The fraction of sp³-hybridized carbons (Fsp3) is 0.800. The van der Waals surface area contributed by atoms with E-state index in [1.54, 1.807) is 0 Å². The average Bonchev–Trinajstić information content (AvgIpc) is 2.13. The highest BCUT2D eigenvalue weighted by Crippen LogP contribution is 2.27. The van der Waals surface area contributed by atoms with E-state index in [4.69, 9.17) is 0 Å². The summed E-state index contributed by atoms with van der Waals surface area (Å²) in [5.41, 5.74) is 0. The lowest BCUT2D eigenvalue weighted by Gasteiger charge is -2.10. The van der Waals surface area contributed by atoms with Gasteiger partial charge in [0, 0.05) is 0 Å². The lowest BCUT2D eigenvalue weighted by atomic mass is 9.95. The van der Waals surface area contributed by atoms with E-state index in [0.29, 0.717) is 0 Å². The van der Waals surface area contributed by atoms with E-state index in [0.717, 1.165) is 17.8 Å². The van der Waals surface area contributed by atoms with Gasteiger partial charge in [-0.3, -0.25) is 0 Å². The topological polar surface area (TPSA) is 0 Å². The largest absolute Gasteiger partial charge is 0.0854 e. The van der Waals surface area contributed by atoms with Crippen molar-refractivity contribution < 1.29 is 0 Å². The van der Waals surface area contributed by atoms with Gasteiger partial charge in [-0.15, -0.1) is 0 Å². The second kappa shape index (κ2) is 3.23. The molecule has 0 saturated heterocycles. The molecule has 0 heterocycles. The first-order valence-electron chi connectivity index (χ1n) is 4.37. The highest BCUT2D eigenvalue weighted by molar-refractivity contribution is 5.00. The van der Waals surface area contributed by atoms with Crippen LogP contribution in [-0.2, 0) is 0 Å². The zero-order valence-corrected chi connectivity index (χ0v) is 7.30. The third-order valence-corrected chi connectivity index (χ3v) is 2.16. The molecule has 0 N–H and O–H groups in total. The summed E-state index contributed by atoms with van der Waals surface area (Å²) in [4.78, 5) is 0. The van der Waals surface area contributed by atoms with Crippen molar-refractivity contribution in [3.8, 4) is 0 Å². The standard InChI is InChI=1S/C10H18/c1-8(2)6-10-5-4-9(3)7-10/h4-5,8-10H,6-7H2,1-3H3. The fourth-order valence-corrected chi connectivity index (χ4v) is 1.76. The second-order valence-corrected chi connectivity index (χ2v) is 3.99. The molecule has 1 aliphatic carbocycles. The predicted molar refractivity (Wildman–Crippen MR) is 45.9 cm³/mol. The van der Waals surface area contributed by atoms with Crippen molar-refractivity contribution in [3.63, 3.8) is 0 Å². The summed E-state index contributed by atoms with van der Waals surface area (Å²) >= 11 is 0. The van der Waals surface area contributed by atoms with Gasteiger partial charge in [-0.05, 0) is 30.6 Å². The number of rotatable bonds is 2. The Morgan fingerprint density at radius 1 is 1.40 bits per heavy atom. The van der Waals surface area contributed by atoms with E-state index in [2.05, 4.69) is 32.9 Å². The SMILES string of the molecule is CC(C)CC1C=CC(C)C1. The van der Waals surface area contributed by atoms with Gasteiger partial charge in [0.1, 0.15) is 0 Å². The summed E-state index contributed by atoms with van der Waals surface area (Å²) in [6.45, 7) is 6.91. The van der Waals surface area contributed by atoms with Crippen molar-refractivity contribution >= 4 is 0 Å². The zero-order valence-electron chi connectivity index (χ0n) is 7.30. The Bertz CT molecular complexity index is 122. The summed E-state index contributed by atoms with van der Waals surface area (Å²) in [5, 5.41) is 0. The van der Waals surface area contributed by atoms with Crippen LogP contribution in [-0.4, -0.2) is 0 Å². The third-order valence-electron chi connectivity index (χ3n) is 2.16. The molecule has 0 bridgehead atoms. The molecule has 0 amide bonds. The molecular weight excluding hydrogens is 120 g/mol. The van der Waals surface area contributed by atoms with Crippen molar-refractivity contribution in [3.05, 3.63) is 12.2 Å². The quantitative estimate of drug-likeness (QED) is 0.514. The van der Waals surface area contributed by atoms with Gasteiger partial charge in [0.15, 0.2) is 0 Å². The smallest absolute Gasteiger partial charge is 0.0225 e. The molecule has 0 aromatic carbocycles. The Kier molecular flexibility index (Phi) is 2.53. The van der Waals surface area contributed by atoms with E-state index < -0.39 is 0 Å². The molecule has 0 fully saturated rings. The summed E-state index contributed by atoms with van der Waals surface area (Å²) in [5.74, 6) is 2.58. The Hall–Kier alpha value is -0.260. The average molecular weight is 138 g/mol. The Morgan fingerprint density at radius 3 is 2.50 bits per heavy atom. The first-order chi connectivity index (χ1) is 4.68. The van der Waals surface area contributed by atoms with Crippen LogP contribution in [0, 0.1) is 17.8 Å². The zero-order chi connectivity index (χ0) is 7.56. The van der Waals surface area contributed by atoms with Crippen molar-refractivity contribution in [1.82, 2.24) is 0 Å². The van der Waals surface area contributed by atoms with Gasteiger partial charge in [-0.25, -0.2) is 0 Å². The van der Waals surface area contributed by atoms with Crippen LogP contribution in [0.2, 0.25) is 0 Å². The second-order valence-electron chi connectivity index (χ2n) is 3.99. The molecular formula is C10H18.